The first-order chi connectivity index (χ1) is 13.0. The van der Waals surface area contributed by atoms with Gasteiger partial charge < -0.3 is 9.80 Å². The maximum absolute atomic E-state index is 12.8. The van der Waals surface area contributed by atoms with Gasteiger partial charge in [-0.3, -0.25) is 4.57 Å². The van der Waals surface area contributed by atoms with E-state index in [1.807, 2.05) is 43.3 Å². The Hall–Kier alpha value is -3.16. The molecule has 0 aliphatic carbocycles. The number of rotatable bonds is 2. The van der Waals surface area contributed by atoms with E-state index in [4.69, 9.17) is 0 Å². The summed E-state index contributed by atoms with van der Waals surface area (Å²) in [6.45, 7) is 1.36. The summed E-state index contributed by atoms with van der Waals surface area (Å²) in [7, 11) is 5.59. The molecule has 0 unspecified atom stereocenters. The van der Waals surface area contributed by atoms with E-state index in [0.717, 1.165) is 24.1 Å². The number of carbonyl (C=O) groups excluding carboxylic acids is 1. The van der Waals surface area contributed by atoms with Gasteiger partial charge in [0, 0.05) is 45.5 Å². The van der Waals surface area contributed by atoms with Crippen molar-refractivity contribution in [2.24, 2.45) is 7.05 Å². The SMILES string of the molecule is CN(C)c1ccc(-c2ncc3c(n2)n(C)c(=O)n3C(=O)N2CCCC2)cc1. The monoisotopic (exact) mass is 366 g/mol. The number of benzene rings is 1. The molecule has 0 N–H and O–H groups in total. The molecule has 140 valence electrons. The highest BCUT2D eigenvalue weighted by atomic mass is 16.2. The van der Waals surface area contributed by atoms with Crippen LogP contribution in [0.2, 0.25) is 0 Å². The molecule has 8 nitrogen and oxygen atoms in total. The number of aromatic nitrogens is 4. The van der Waals surface area contributed by atoms with Gasteiger partial charge in [-0.1, -0.05) is 0 Å². The van der Waals surface area contributed by atoms with Crippen molar-refractivity contribution in [3.63, 3.8) is 0 Å². The first-order valence-electron chi connectivity index (χ1n) is 8.99. The van der Waals surface area contributed by atoms with E-state index in [1.165, 1.54) is 9.13 Å². The maximum Gasteiger partial charge on any atom is 0.338 e. The lowest BCUT2D eigenvalue weighted by Gasteiger charge is -2.14. The van der Waals surface area contributed by atoms with Crippen LogP contribution in [0.4, 0.5) is 10.5 Å². The number of likely N-dealkylation sites (tertiary alicyclic amines) is 1. The van der Waals surface area contributed by atoms with Crippen LogP contribution >= 0.6 is 0 Å². The second kappa shape index (κ2) is 6.53. The second-order valence-corrected chi connectivity index (χ2v) is 7.00. The van der Waals surface area contributed by atoms with Gasteiger partial charge in [-0.2, -0.15) is 0 Å². The normalized spacial score (nSPS) is 14.1. The number of hydrogen-bond acceptors (Lipinski definition) is 5. The fraction of sp³-hybridized carbons (Fsp3) is 0.368. The second-order valence-electron chi connectivity index (χ2n) is 7.00. The Morgan fingerprint density at radius 3 is 2.41 bits per heavy atom. The lowest BCUT2D eigenvalue weighted by atomic mass is 10.2. The van der Waals surface area contributed by atoms with Gasteiger partial charge in [0.25, 0.3) is 0 Å². The van der Waals surface area contributed by atoms with Gasteiger partial charge >= 0.3 is 11.7 Å². The third-order valence-electron chi connectivity index (χ3n) is 5.00. The molecule has 1 aliphatic heterocycles. The van der Waals surface area contributed by atoms with Crippen LogP contribution in [0.5, 0.6) is 0 Å². The Balaban J connectivity index is 1.78. The molecule has 1 fully saturated rings. The van der Waals surface area contributed by atoms with Crippen LogP contribution in [0.1, 0.15) is 12.8 Å². The van der Waals surface area contributed by atoms with Gasteiger partial charge in [-0.25, -0.2) is 24.1 Å². The first kappa shape index (κ1) is 17.3. The lowest BCUT2D eigenvalue weighted by molar-refractivity contribution is 0.210. The van der Waals surface area contributed by atoms with Crippen LogP contribution in [-0.4, -0.2) is 57.2 Å². The Labute approximate surface area is 156 Å². The van der Waals surface area contributed by atoms with Crippen LogP contribution in [-0.2, 0) is 7.05 Å². The topological polar surface area (TPSA) is 76.3 Å². The molecular formula is C19H22N6O2. The number of imidazole rings is 1. The molecule has 0 spiro atoms. The molecule has 3 heterocycles. The van der Waals surface area contributed by atoms with Gasteiger partial charge in [0.15, 0.2) is 11.5 Å². The number of hydrogen-bond donors (Lipinski definition) is 0. The third-order valence-corrected chi connectivity index (χ3v) is 5.00. The molecule has 27 heavy (non-hydrogen) atoms. The van der Waals surface area contributed by atoms with Gasteiger partial charge in [0.05, 0.1) is 6.20 Å². The van der Waals surface area contributed by atoms with Crippen LogP contribution in [0.25, 0.3) is 22.6 Å². The van der Waals surface area contributed by atoms with Crippen molar-refractivity contribution in [2.45, 2.75) is 12.8 Å². The number of anilines is 1. The zero-order valence-corrected chi connectivity index (χ0v) is 15.7. The molecular weight excluding hydrogens is 344 g/mol. The predicted octanol–water partition coefficient (Wildman–Crippen LogP) is 1.93. The summed E-state index contributed by atoms with van der Waals surface area (Å²) < 4.78 is 2.59. The molecule has 1 aliphatic rings. The van der Waals surface area contributed by atoms with Gasteiger partial charge in [0.1, 0.15) is 5.52 Å². The van der Waals surface area contributed by atoms with Crippen molar-refractivity contribution < 1.29 is 4.79 Å². The molecule has 3 aromatic rings. The van der Waals surface area contributed by atoms with E-state index in [0.29, 0.717) is 30.1 Å². The zero-order valence-electron chi connectivity index (χ0n) is 15.7. The largest absolute Gasteiger partial charge is 0.378 e. The molecule has 1 aromatic carbocycles. The van der Waals surface area contributed by atoms with Crippen LogP contribution in [0.15, 0.2) is 35.3 Å². The predicted molar refractivity (Wildman–Crippen MR) is 104 cm³/mol. The quantitative estimate of drug-likeness (QED) is 0.693. The fourth-order valence-corrected chi connectivity index (χ4v) is 3.40. The van der Waals surface area contributed by atoms with Crippen molar-refractivity contribution in [3.05, 3.63) is 40.9 Å². The highest BCUT2D eigenvalue weighted by Crippen LogP contribution is 2.21. The van der Waals surface area contributed by atoms with Gasteiger partial charge in [-0.05, 0) is 37.1 Å². The Morgan fingerprint density at radius 1 is 1.11 bits per heavy atom. The Bertz CT molecular complexity index is 1060. The average molecular weight is 366 g/mol. The van der Waals surface area contributed by atoms with Crippen molar-refractivity contribution in [1.29, 1.82) is 0 Å². The molecule has 0 radical (unpaired) electrons. The van der Waals surface area contributed by atoms with Crippen molar-refractivity contribution in [3.8, 4) is 11.4 Å². The van der Waals surface area contributed by atoms with Crippen molar-refractivity contribution >= 4 is 22.9 Å². The van der Waals surface area contributed by atoms with E-state index < -0.39 is 5.69 Å². The Kier molecular flexibility index (Phi) is 4.18. The molecule has 2 aromatic heterocycles. The zero-order chi connectivity index (χ0) is 19.1. The summed E-state index contributed by atoms with van der Waals surface area (Å²) in [4.78, 5) is 38.1. The summed E-state index contributed by atoms with van der Waals surface area (Å²) >= 11 is 0. The number of carbonyl (C=O) groups is 1. The number of fused-ring (bicyclic) bond motifs is 1. The average Bonchev–Trinajstić information content (AvgIpc) is 3.29. The van der Waals surface area contributed by atoms with E-state index >= 15 is 0 Å². The molecule has 0 atom stereocenters. The number of aryl methyl sites for hydroxylation is 1. The first-order valence-corrected chi connectivity index (χ1v) is 8.99. The standard InChI is InChI=1S/C19H22N6O2/c1-22(2)14-8-6-13(7-9-14)16-20-12-15-17(21-16)23(3)18(26)25(15)19(27)24-10-4-5-11-24/h6-9,12H,4-5,10-11H2,1-3H3. The molecule has 1 amide bonds. The highest BCUT2D eigenvalue weighted by molar-refractivity contribution is 5.88. The maximum atomic E-state index is 12.8. The van der Waals surface area contributed by atoms with Crippen LogP contribution in [0.3, 0.4) is 0 Å². The highest BCUT2D eigenvalue weighted by Gasteiger charge is 2.25. The number of nitrogens with zero attached hydrogens (tertiary/aromatic N) is 6. The van der Waals surface area contributed by atoms with E-state index in [-0.39, 0.29) is 6.03 Å². The molecule has 0 bridgehead atoms. The minimum absolute atomic E-state index is 0.296. The summed E-state index contributed by atoms with van der Waals surface area (Å²) in [5.74, 6) is 0.522. The van der Waals surface area contributed by atoms with Gasteiger partial charge in [-0.15, -0.1) is 0 Å². The molecule has 1 saturated heterocycles. The van der Waals surface area contributed by atoms with E-state index in [2.05, 4.69) is 9.97 Å². The molecule has 0 saturated carbocycles. The summed E-state index contributed by atoms with van der Waals surface area (Å²) in [6.07, 6.45) is 3.50. The summed E-state index contributed by atoms with van der Waals surface area (Å²) in [5.41, 5.74) is 2.43. The lowest BCUT2D eigenvalue weighted by Crippen LogP contribution is -2.38. The summed E-state index contributed by atoms with van der Waals surface area (Å²) in [5, 5.41) is 0. The minimum atomic E-state index is -0.392. The van der Waals surface area contributed by atoms with Crippen LogP contribution < -0.4 is 10.6 Å². The smallest absolute Gasteiger partial charge is 0.338 e. The fourth-order valence-electron chi connectivity index (χ4n) is 3.40. The Morgan fingerprint density at radius 2 is 1.78 bits per heavy atom. The van der Waals surface area contributed by atoms with E-state index in [1.54, 1.807) is 18.1 Å². The summed E-state index contributed by atoms with van der Waals surface area (Å²) in [6, 6.07) is 7.57. The number of amides is 1. The molecule has 4 rings (SSSR count). The molecule has 8 heteroatoms. The van der Waals surface area contributed by atoms with Gasteiger partial charge in [0.2, 0.25) is 0 Å². The third kappa shape index (κ3) is 2.87. The van der Waals surface area contributed by atoms with Crippen molar-refractivity contribution in [1.82, 2.24) is 24.0 Å². The minimum Gasteiger partial charge on any atom is -0.378 e. The van der Waals surface area contributed by atoms with E-state index in [9.17, 15) is 9.59 Å². The van der Waals surface area contributed by atoms with Crippen LogP contribution in [0, 0.1) is 0 Å². The van der Waals surface area contributed by atoms with Crippen molar-refractivity contribution in [2.75, 3.05) is 32.1 Å².